The van der Waals surface area contributed by atoms with Crippen LogP contribution in [0.3, 0.4) is 0 Å². The van der Waals surface area contributed by atoms with Crippen LogP contribution in [0.1, 0.15) is 38.3 Å². The highest BCUT2D eigenvalue weighted by Crippen LogP contribution is 2.24. The van der Waals surface area contributed by atoms with Crippen LogP contribution in [0.15, 0.2) is 61.2 Å². The van der Waals surface area contributed by atoms with Crippen LogP contribution in [0.4, 0.5) is 11.4 Å². The molecular formula is C24H31N3OS. The van der Waals surface area contributed by atoms with Crippen LogP contribution >= 0.6 is 12.2 Å². The van der Waals surface area contributed by atoms with Crippen molar-refractivity contribution in [2.45, 2.75) is 32.7 Å². The summed E-state index contributed by atoms with van der Waals surface area (Å²) in [5, 5.41) is 7.19. The first-order valence-corrected chi connectivity index (χ1v) is 10.7. The Morgan fingerprint density at radius 1 is 1.17 bits per heavy atom. The number of nitrogens with zero attached hydrogens (tertiary/aromatic N) is 1. The lowest BCUT2D eigenvalue weighted by Gasteiger charge is -2.32. The molecule has 1 aliphatic heterocycles. The summed E-state index contributed by atoms with van der Waals surface area (Å²) in [7, 11) is 0. The van der Waals surface area contributed by atoms with E-state index in [4.69, 9.17) is 17.0 Å². The fourth-order valence-electron chi connectivity index (χ4n) is 3.48. The molecule has 0 saturated carbocycles. The molecule has 0 amide bonds. The molecule has 0 aromatic heterocycles. The Labute approximate surface area is 180 Å². The second kappa shape index (κ2) is 10.3. The molecule has 29 heavy (non-hydrogen) atoms. The maximum Gasteiger partial charge on any atom is 0.171 e. The van der Waals surface area contributed by atoms with Crippen molar-refractivity contribution in [1.29, 1.82) is 0 Å². The Hall–Kier alpha value is -2.53. The van der Waals surface area contributed by atoms with Gasteiger partial charge in [0.1, 0.15) is 12.4 Å². The first-order valence-electron chi connectivity index (χ1n) is 10.3. The summed E-state index contributed by atoms with van der Waals surface area (Å²) < 4.78 is 5.50. The maximum atomic E-state index is 5.50. The monoisotopic (exact) mass is 409 g/mol. The fraction of sp³-hybridized carbons (Fsp3) is 0.375. The summed E-state index contributed by atoms with van der Waals surface area (Å²) in [5.41, 5.74) is 3.46. The van der Waals surface area contributed by atoms with Gasteiger partial charge in [-0.3, -0.25) is 0 Å². The average Bonchev–Trinajstić information content (AvgIpc) is 2.74. The van der Waals surface area contributed by atoms with Crippen LogP contribution in [0.5, 0.6) is 5.75 Å². The molecule has 1 aliphatic rings. The van der Waals surface area contributed by atoms with Crippen LogP contribution in [0, 0.1) is 5.92 Å². The first-order chi connectivity index (χ1) is 14.0. The van der Waals surface area contributed by atoms with E-state index in [2.05, 4.69) is 60.2 Å². The Morgan fingerprint density at radius 3 is 2.45 bits per heavy atom. The average molecular weight is 410 g/mol. The van der Waals surface area contributed by atoms with Gasteiger partial charge in [-0.05, 0) is 79.9 Å². The van der Waals surface area contributed by atoms with Gasteiger partial charge in [-0.2, -0.15) is 0 Å². The second-order valence-corrected chi connectivity index (χ2v) is 8.11. The Morgan fingerprint density at radius 2 is 1.83 bits per heavy atom. The molecule has 0 radical (unpaired) electrons. The van der Waals surface area contributed by atoms with Crippen molar-refractivity contribution < 1.29 is 4.74 Å². The SMILES string of the molecule is C=CCOc1ccc(NC(=S)N[C@H](C)c2ccc(N3CCC(C)CC3)cc2)cc1. The van der Waals surface area contributed by atoms with Crippen molar-refractivity contribution in [3.8, 4) is 5.75 Å². The van der Waals surface area contributed by atoms with E-state index in [0.717, 1.165) is 30.4 Å². The number of rotatable bonds is 7. The molecule has 0 unspecified atom stereocenters. The third kappa shape index (κ3) is 6.23. The van der Waals surface area contributed by atoms with Gasteiger partial charge in [0.2, 0.25) is 0 Å². The maximum absolute atomic E-state index is 5.50. The standard InChI is InChI=1S/C24H31N3OS/c1-4-17-28-23-11-7-21(8-12-23)26-24(29)25-19(3)20-5-9-22(10-6-20)27-15-13-18(2)14-16-27/h4-12,18-19H,1,13-17H2,2-3H3,(H2,25,26,29)/t19-/m1/s1. The first kappa shape index (κ1) is 21.2. The van der Waals surface area contributed by atoms with Crippen molar-refractivity contribution >= 4 is 28.7 Å². The molecule has 1 atom stereocenters. The molecule has 1 fully saturated rings. The minimum Gasteiger partial charge on any atom is -0.490 e. The quantitative estimate of drug-likeness (QED) is 0.464. The molecule has 2 aromatic carbocycles. The highest BCUT2D eigenvalue weighted by atomic mass is 32.1. The zero-order valence-electron chi connectivity index (χ0n) is 17.4. The molecule has 4 nitrogen and oxygen atoms in total. The zero-order chi connectivity index (χ0) is 20.6. The summed E-state index contributed by atoms with van der Waals surface area (Å²) in [5.74, 6) is 1.66. The molecule has 5 heteroatoms. The number of ether oxygens (including phenoxy) is 1. The van der Waals surface area contributed by atoms with Crippen molar-refractivity contribution in [1.82, 2.24) is 5.32 Å². The van der Waals surface area contributed by atoms with Crippen molar-refractivity contribution in [3.05, 3.63) is 66.7 Å². The van der Waals surface area contributed by atoms with E-state index in [1.165, 1.54) is 24.1 Å². The highest BCUT2D eigenvalue weighted by Gasteiger charge is 2.16. The van der Waals surface area contributed by atoms with Gasteiger partial charge >= 0.3 is 0 Å². The number of hydrogen-bond acceptors (Lipinski definition) is 3. The molecular weight excluding hydrogens is 378 g/mol. The molecule has 3 rings (SSSR count). The minimum absolute atomic E-state index is 0.126. The van der Waals surface area contributed by atoms with Gasteiger partial charge < -0.3 is 20.3 Å². The van der Waals surface area contributed by atoms with Crippen LogP contribution in [-0.2, 0) is 0 Å². The lowest BCUT2D eigenvalue weighted by atomic mass is 9.98. The lowest BCUT2D eigenvalue weighted by Crippen LogP contribution is -2.33. The second-order valence-electron chi connectivity index (χ2n) is 7.71. The van der Waals surface area contributed by atoms with Gasteiger partial charge in [0.15, 0.2) is 5.11 Å². The van der Waals surface area contributed by atoms with Gasteiger partial charge in [-0.1, -0.05) is 31.7 Å². The van der Waals surface area contributed by atoms with Gasteiger partial charge in [0.05, 0.1) is 6.04 Å². The van der Waals surface area contributed by atoms with Crippen molar-refractivity contribution in [2.75, 3.05) is 29.9 Å². The predicted molar refractivity (Wildman–Crippen MR) is 127 cm³/mol. The molecule has 2 N–H and O–H groups in total. The fourth-order valence-corrected chi connectivity index (χ4v) is 3.77. The molecule has 0 spiro atoms. The van der Waals surface area contributed by atoms with Crippen molar-refractivity contribution in [2.24, 2.45) is 5.92 Å². The summed E-state index contributed by atoms with van der Waals surface area (Å²) >= 11 is 5.48. The van der Waals surface area contributed by atoms with E-state index in [-0.39, 0.29) is 6.04 Å². The van der Waals surface area contributed by atoms with E-state index in [1.54, 1.807) is 6.08 Å². The molecule has 1 saturated heterocycles. The van der Waals surface area contributed by atoms with Gasteiger partial charge in [-0.15, -0.1) is 0 Å². The van der Waals surface area contributed by atoms with Gasteiger partial charge in [0, 0.05) is 24.5 Å². The van der Waals surface area contributed by atoms with Crippen LogP contribution in [-0.4, -0.2) is 24.8 Å². The molecule has 0 bridgehead atoms. The van der Waals surface area contributed by atoms with Gasteiger partial charge in [0.25, 0.3) is 0 Å². The van der Waals surface area contributed by atoms with E-state index in [0.29, 0.717) is 11.7 Å². The molecule has 154 valence electrons. The Kier molecular flexibility index (Phi) is 7.53. The largest absolute Gasteiger partial charge is 0.490 e. The predicted octanol–water partition coefficient (Wildman–Crippen LogP) is 5.54. The number of piperidine rings is 1. The number of anilines is 2. The summed E-state index contributed by atoms with van der Waals surface area (Å²) in [6.45, 7) is 10.9. The topological polar surface area (TPSA) is 36.5 Å². The summed E-state index contributed by atoms with van der Waals surface area (Å²) in [4.78, 5) is 2.48. The van der Waals surface area contributed by atoms with E-state index >= 15 is 0 Å². The highest BCUT2D eigenvalue weighted by molar-refractivity contribution is 7.80. The smallest absolute Gasteiger partial charge is 0.171 e. The Balaban J connectivity index is 1.50. The normalized spacial score (nSPS) is 15.4. The minimum atomic E-state index is 0.126. The van der Waals surface area contributed by atoms with E-state index in [1.807, 2.05) is 24.3 Å². The number of thiocarbonyl (C=S) groups is 1. The number of nitrogens with one attached hydrogen (secondary N) is 2. The van der Waals surface area contributed by atoms with E-state index < -0.39 is 0 Å². The Bertz CT molecular complexity index is 796. The third-order valence-electron chi connectivity index (χ3n) is 5.37. The number of hydrogen-bond donors (Lipinski definition) is 2. The van der Waals surface area contributed by atoms with Crippen LogP contribution in [0.2, 0.25) is 0 Å². The van der Waals surface area contributed by atoms with E-state index in [9.17, 15) is 0 Å². The molecule has 2 aromatic rings. The third-order valence-corrected chi connectivity index (χ3v) is 5.59. The van der Waals surface area contributed by atoms with Gasteiger partial charge in [-0.25, -0.2) is 0 Å². The van der Waals surface area contributed by atoms with Crippen molar-refractivity contribution in [3.63, 3.8) is 0 Å². The zero-order valence-corrected chi connectivity index (χ0v) is 18.2. The van der Waals surface area contributed by atoms with Crippen LogP contribution in [0.25, 0.3) is 0 Å². The summed E-state index contributed by atoms with van der Waals surface area (Å²) in [6, 6.07) is 16.7. The lowest BCUT2D eigenvalue weighted by molar-refractivity contribution is 0.363. The molecule has 0 aliphatic carbocycles. The van der Waals surface area contributed by atoms with Crippen LogP contribution < -0.4 is 20.3 Å². The summed E-state index contributed by atoms with van der Waals surface area (Å²) in [6.07, 6.45) is 4.29. The molecule has 1 heterocycles. The number of benzene rings is 2.